The molecule has 2 aliphatic rings. The van der Waals surface area contributed by atoms with E-state index in [1.807, 2.05) is 18.5 Å². The van der Waals surface area contributed by atoms with E-state index in [4.69, 9.17) is 16.6 Å². The van der Waals surface area contributed by atoms with Gasteiger partial charge in [-0.1, -0.05) is 25.0 Å². The summed E-state index contributed by atoms with van der Waals surface area (Å²) in [5, 5.41) is 2.49. The lowest BCUT2D eigenvalue weighted by atomic mass is 9.94. The maximum Gasteiger partial charge on any atom is 0.226 e. The fourth-order valence-electron chi connectivity index (χ4n) is 5.19. The minimum atomic E-state index is 0.263. The van der Waals surface area contributed by atoms with Crippen LogP contribution >= 0.6 is 11.6 Å². The number of para-hydroxylation sites is 2. The molecule has 0 amide bonds. The SMILES string of the molecule is Clc1nc(NN2CCC(Cc3nc4ccccc4[nH]3)CC2)c2ncn(C3CCCC3)c2n1. The number of hydrazine groups is 1. The molecule has 4 aromatic rings. The fraction of sp³-hybridized carbons (Fsp3) is 0.478. The van der Waals surface area contributed by atoms with Gasteiger partial charge in [0.15, 0.2) is 17.0 Å². The van der Waals surface area contributed by atoms with Crippen LogP contribution in [0.5, 0.6) is 0 Å². The lowest BCUT2D eigenvalue weighted by Gasteiger charge is -2.32. The number of fused-ring (bicyclic) bond motifs is 2. The number of benzene rings is 1. The van der Waals surface area contributed by atoms with Gasteiger partial charge < -0.3 is 15.0 Å². The van der Waals surface area contributed by atoms with Gasteiger partial charge in [0.25, 0.3) is 0 Å². The molecule has 2 fully saturated rings. The Morgan fingerprint density at radius 1 is 1.03 bits per heavy atom. The molecule has 1 aliphatic carbocycles. The number of H-pyrrole nitrogens is 1. The Morgan fingerprint density at radius 3 is 2.66 bits per heavy atom. The highest BCUT2D eigenvalue weighted by Crippen LogP contribution is 2.33. The maximum atomic E-state index is 6.29. The Hall–Kier alpha value is -2.71. The van der Waals surface area contributed by atoms with E-state index in [1.54, 1.807) is 0 Å². The van der Waals surface area contributed by atoms with Crippen molar-refractivity contribution in [3.05, 3.63) is 41.7 Å². The first-order valence-electron chi connectivity index (χ1n) is 11.6. The van der Waals surface area contributed by atoms with Crippen molar-refractivity contribution in [2.75, 3.05) is 18.5 Å². The number of nitrogens with one attached hydrogen (secondary N) is 2. The van der Waals surface area contributed by atoms with Gasteiger partial charge in [-0.2, -0.15) is 9.97 Å². The van der Waals surface area contributed by atoms with Crippen LogP contribution in [-0.2, 0) is 6.42 Å². The summed E-state index contributed by atoms with van der Waals surface area (Å²) in [5.41, 5.74) is 7.26. The van der Waals surface area contributed by atoms with Gasteiger partial charge in [-0.25, -0.2) is 15.0 Å². The van der Waals surface area contributed by atoms with Crippen molar-refractivity contribution in [2.45, 2.75) is 51.0 Å². The molecule has 166 valence electrons. The van der Waals surface area contributed by atoms with Gasteiger partial charge in [0.1, 0.15) is 5.82 Å². The number of aromatic amines is 1. The molecule has 2 N–H and O–H groups in total. The zero-order valence-electron chi connectivity index (χ0n) is 18.0. The largest absolute Gasteiger partial charge is 0.342 e. The summed E-state index contributed by atoms with van der Waals surface area (Å²) in [6.07, 6.45) is 9.96. The van der Waals surface area contributed by atoms with E-state index >= 15 is 0 Å². The molecule has 0 unspecified atom stereocenters. The highest BCUT2D eigenvalue weighted by atomic mass is 35.5. The van der Waals surface area contributed by atoms with E-state index in [1.165, 1.54) is 25.7 Å². The molecule has 3 aromatic heterocycles. The summed E-state index contributed by atoms with van der Waals surface area (Å²) in [7, 11) is 0. The summed E-state index contributed by atoms with van der Waals surface area (Å²) in [6, 6.07) is 8.68. The number of rotatable bonds is 5. The molecule has 8 nitrogen and oxygen atoms in total. The normalized spacial score (nSPS) is 18.8. The molecule has 1 aliphatic heterocycles. The summed E-state index contributed by atoms with van der Waals surface area (Å²) in [4.78, 5) is 21.8. The standard InChI is InChI=1S/C23H27ClN8/c24-23-28-21(20-22(29-23)32(14-25-20)16-5-1-2-6-16)30-31-11-9-15(10-12-31)13-19-26-17-7-3-4-8-18(17)27-19/h3-4,7-8,14-16H,1-2,5-6,9-13H2,(H,26,27)(H,28,29,30). The molecule has 6 rings (SSSR count). The van der Waals surface area contributed by atoms with Gasteiger partial charge in [-0.3, -0.25) is 0 Å². The summed E-state index contributed by atoms with van der Waals surface area (Å²) in [5.74, 6) is 2.40. The number of imidazole rings is 2. The van der Waals surface area contributed by atoms with Crippen LogP contribution in [0.4, 0.5) is 5.82 Å². The maximum absolute atomic E-state index is 6.29. The van der Waals surface area contributed by atoms with Crippen molar-refractivity contribution in [3.8, 4) is 0 Å². The third-order valence-corrected chi connectivity index (χ3v) is 7.08. The second-order valence-electron chi connectivity index (χ2n) is 9.05. The van der Waals surface area contributed by atoms with E-state index in [0.29, 0.717) is 17.8 Å². The third kappa shape index (κ3) is 3.82. The monoisotopic (exact) mass is 450 g/mol. The molecule has 9 heteroatoms. The number of aromatic nitrogens is 6. The third-order valence-electron chi connectivity index (χ3n) is 6.91. The molecular formula is C23H27ClN8. The summed E-state index contributed by atoms with van der Waals surface area (Å²) in [6.45, 7) is 1.88. The summed E-state index contributed by atoms with van der Waals surface area (Å²) < 4.78 is 2.18. The van der Waals surface area contributed by atoms with Crippen molar-refractivity contribution in [1.82, 2.24) is 34.5 Å². The Kier molecular flexibility index (Phi) is 5.19. The molecule has 32 heavy (non-hydrogen) atoms. The smallest absolute Gasteiger partial charge is 0.226 e. The zero-order chi connectivity index (χ0) is 21.5. The van der Waals surface area contributed by atoms with E-state index in [0.717, 1.165) is 60.4 Å². The first kappa shape index (κ1) is 19.9. The van der Waals surface area contributed by atoms with E-state index in [9.17, 15) is 0 Å². The van der Waals surface area contributed by atoms with Crippen molar-refractivity contribution in [1.29, 1.82) is 0 Å². The van der Waals surface area contributed by atoms with Gasteiger partial charge in [-0.15, -0.1) is 0 Å². The van der Waals surface area contributed by atoms with Crippen LogP contribution in [0.3, 0.4) is 0 Å². The van der Waals surface area contributed by atoms with Crippen LogP contribution in [-0.4, -0.2) is 47.6 Å². The van der Waals surface area contributed by atoms with Crippen LogP contribution in [0.15, 0.2) is 30.6 Å². The van der Waals surface area contributed by atoms with Crippen LogP contribution in [0, 0.1) is 5.92 Å². The predicted molar refractivity (Wildman–Crippen MR) is 126 cm³/mol. The highest BCUT2D eigenvalue weighted by molar-refractivity contribution is 6.28. The second kappa shape index (κ2) is 8.33. The van der Waals surface area contributed by atoms with Crippen molar-refractivity contribution >= 4 is 39.6 Å². The molecule has 0 atom stereocenters. The van der Waals surface area contributed by atoms with Crippen molar-refractivity contribution < 1.29 is 0 Å². The van der Waals surface area contributed by atoms with E-state index in [-0.39, 0.29) is 5.28 Å². The fourth-order valence-corrected chi connectivity index (χ4v) is 5.36. The Bertz CT molecular complexity index is 1200. The van der Waals surface area contributed by atoms with Crippen LogP contribution in [0.1, 0.15) is 50.4 Å². The quantitative estimate of drug-likeness (QED) is 0.426. The molecular weight excluding hydrogens is 424 g/mol. The number of hydrogen-bond acceptors (Lipinski definition) is 6. The molecule has 4 heterocycles. The Morgan fingerprint density at radius 2 is 1.84 bits per heavy atom. The lowest BCUT2D eigenvalue weighted by molar-refractivity contribution is 0.214. The average molecular weight is 451 g/mol. The van der Waals surface area contributed by atoms with Gasteiger partial charge in [0, 0.05) is 25.6 Å². The average Bonchev–Trinajstić information content (AvgIpc) is 3.54. The first-order valence-corrected chi connectivity index (χ1v) is 12.0. The lowest BCUT2D eigenvalue weighted by Crippen LogP contribution is -2.38. The number of anilines is 1. The van der Waals surface area contributed by atoms with Gasteiger partial charge in [0.2, 0.25) is 5.28 Å². The molecule has 1 saturated carbocycles. The van der Waals surface area contributed by atoms with Crippen LogP contribution < -0.4 is 5.43 Å². The second-order valence-corrected chi connectivity index (χ2v) is 9.39. The van der Waals surface area contributed by atoms with Gasteiger partial charge in [0.05, 0.1) is 17.4 Å². The van der Waals surface area contributed by atoms with E-state index in [2.05, 4.69) is 47.1 Å². The van der Waals surface area contributed by atoms with Crippen molar-refractivity contribution in [2.24, 2.45) is 5.92 Å². The first-order chi connectivity index (χ1) is 15.7. The summed E-state index contributed by atoms with van der Waals surface area (Å²) >= 11 is 6.29. The van der Waals surface area contributed by atoms with Crippen LogP contribution in [0.2, 0.25) is 5.28 Å². The predicted octanol–water partition coefficient (Wildman–Crippen LogP) is 4.75. The van der Waals surface area contributed by atoms with Gasteiger partial charge >= 0.3 is 0 Å². The number of piperidine rings is 1. The molecule has 0 spiro atoms. The highest BCUT2D eigenvalue weighted by Gasteiger charge is 2.24. The minimum absolute atomic E-state index is 0.263. The molecule has 1 saturated heterocycles. The van der Waals surface area contributed by atoms with Gasteiger partial charge in [-0.05, 0) is 55.3 Å². The minimum Gasteiger partial charge on any atom is -0.342 e. The van der Waals surface area contributed by atoms with E-state index < -0.39 is 0 Å². The number of hydrogen-bond donors (Lipinski definition) is 2. The molecule has 0 radical (unpaired) electrons. The molecule has 1 aromatic carbocycles. The number of nitrogens with zero attached hydrogens (tertiary/aromatic N) is 6. The Labute approximate surface area is 191 Å². The van der Waals surface area contributed by atoms with Crippen LogP contribution in [0.25, 0.3) is 22.2 Å². The van der Waals surface area contributed by atoms with Crippen molar-refractivity contribution in [3.63, 3.8) is 0 Å². The Balaban J connectivity index is 1.13. The number of halogens is 1. The zero-order valence-corrected chi connectivity index (χ0v) is 18.7. The topological polar surface area (TPSA) is 87.5 Å². The molecule has 0 bridgehead atoms.